The van der Waals surface area contributed by atoms with Gasteiger partial charge < -0.3 is 24.1 Å². The number of methoxy groups -OCH3 is 1. The number of benzene rings is 2. The van der Waals surface area contributed by atoms with E-state index >= 15 is 0 Å². The van der Waals surface area contributed by atoms with Crippen LogP contribution in [0.3, 0.4) is 0 Å². The zero-order valence-corrected chi connectivity index (χ0v) is 17.8. The Morgan fingerprint density at radius 1 is 1.03 bits per heavy atom. The lowest BCUT2D eigenvalue weighted by Crippen LogP contribution is -2.34. The first-order chi connectivity index (χ1) is 15.0. The molecule has 0 aliphatic rings. The molecular weight excluding hydrogens is 396 g/mol. The molecule has 1 N–H and O–H groups in total. The fourth-order valence-corrected chi connectivity index (χ4v) is 3.03. The molecule has 0 unspecified atom stereocenters. The Hall–Kier alpha value is -3.74. The van der Waals surface area contributed by atoms with E-state index in [1.54, 1.807) is 35.4 Å². The van der Waals surface area contributed by atoms with E-state index in [4.69, 9.17) is 13.9 Å². The van der Waals surface area contributed by atoms with E-state index in [1.165, 1.54) is 7.11 Å². The summed E-state index contributed by atoms with van der Waals surface area (Å²) in [7, 11) is 1.49. The van der Waals surface area contributed by atoms with Crippen LogP contribution in [0.5, 0.6) is 11.5 Å². The molecule has 0 fully saturated rings. The Balaban J connectivity index is 1.82. The lowest BCUT2D eigenvalue weighted by molar-refractivity contribution is -0.123. The number of rotatable bonds is 9. The van der Waals surface area contributed by atoms with Crippen LogP contribution in [0, 0.1) is 0 Å². The number of nitrogens with zero attached hydrogens (tertiary/aromatic N) is 1. The standard InChI is InChI=1S/C24H26N2O5/c1-17(2)25-23(27)16-31-21-12-11-18(14-22(21)29-3)24(28)26(15-20-10-7-13-30-20)19-8-5-4-6-9-19/h4-14,17H,15-16H2,1-3H3,(H,25,27). The van der Waals surface area contributed by atoms with Gasteiger partial charge in [0, 0.05) is 17.3 Å². The molecule has 31 heavy (non-hydrogen) atoms. The summed E-state index contributed by atoms with van der Waals surface area (Å²) in [5, 5.41) is 2.76. The number of nitrogens with one attached hydrogen (secondary N) is 1. The highest BCUT2D eigenvalue weighted by molar-refractivity contribution is 6.06. The quantitative estimate of drug-likeness (QED) is 0.563. The van der Waals surface area contributed by atoms with Gasteiger partial charge >= 0.3 is 0 Å². The minimum absolute atomic E-state index is 0.0242. The van der Waals surface area contributed by atoms with Gasteiger partial charge in [0.2, 0.25) is 0 Å². The van der Waals surface area contributed by atoms with Crippen LogP contribution in [-0.4, -0.2) is 31.6 Å². The zero-order valence-electron chi connectivity index (χ0n) is 17.8. The topological polar surface area (TPSA) is 81.0 Å². The van der Waals surface area contributed by atoms with E-state index in [1.807, 2.05) is 50.2 Å². The lowest BCUT2D eigenvalue weighted by atomic mass is 10.1. The molecule has 0 spiro atoms. The van der Waals surface area contributed by atoms with Crippen molar-refractivity contribution in [3.8, 4) is 11.5 Å². The summed E-state index contributed by atoms with van der Waals surface area (Å²) in [6.07, 6.45) is 1.58. The molecule has 2 amide bonds. The normalized spacial score (nSPS) is 10.6. The van der Waals surface area contributed by atoms with Crippen molar-refractivity contribution in [2.75, 3.05) is 18.6 Å². The first-order valence-electron chi connectivity index (χ1n) is 9.97. The van der Waals surface area contributed by atoms with Crippen LogP contribution in [0.1, 0.15) is 30.0 Å². The first kappa shape index (κ1) is 22.0. The molecule has 162 valence electrons. The van der Waals surface area contributed by atoms with Gasteiger partial charge in [-0.15, -0.1) is 0 Å². The van der Waals surface area contributed by atoms with Crippen LogP contribution in [0.2, 0.25) is 0 Å². The predicted molar refractivity (Wildman–Crippen MR) is 117 cm³/mol. The first-order valence-corrected chi connectivity index (χ1v) is 9.97. The average molecular weight is 422 g/mol. The molecule has 0 aliphatic carbocycles. The number of para-hydroxylation sites is 1. The molecule has 0 saturated carbocycles. The third kappa shape index (κ3) is 5.88. The van der Waals surface area contributed by atoms with Gasteiger partial charge in [0.15, 0.2) is 18.1 Å². The Morgan fingerprint density at radius 3 is 2.45 bits per heavy atom. The van der Waals surface area contributed by atoms with Gasteiger partial charge in [0.05, 0.1) is 19.9 Å². The monoisotopic (exact) mass is 422 g/mol. The maximum absolute atomic E-state index is 13.4. The maximum Gasteiger partial charge on any atom is 0.258 e. The van der Waals surface area contributed by atoms with Crippen molar-refractivity contribution >= 4 is 17.5 Å². The number of ether oxygens (including phenoxy) is 2. The molecule has 0 bridgehead atoms. The van der Waals surface area contributed by atoms with Crippen LogP contribution in [0.4, 0.5) is 5.69 Å². The number of anilines is 1. The molecule has 3 rings (SSSR count). The molecular formula is C24H26N2O5. The highest BCUT2D eigenvalue weighted by Crippen LogP contribution is 2.30. The summed E-state index contributed by atoms with van der Waals surface area (Å²) < 4.78 is 16.4. The summed E-state index contributed by atoms with van der Waals surface area (Å²) in [5.74, 6) is 0.973. The van der Waals surface area contributed by atoms with E-state index in [9.17, 15) is 9.59 Å². The van der Waals surface area contributed by atoms with Crippen molar-refractivity contribution in [2.24, 2.45) is 0 Å². The summed E-state index contributed by atoms with van der Waals surface area (Å²) in [6.45, 7) is 3.89. The Bertz CT molecular complexity index is 1000. The maximum atomic E-state index is 13.4. The van der Waals surface area contributed by atoms with Crippen molar-refractivity contribution in [2.45, 2.75) is 26.4 Å². The van der Waals surface area contributed by atoms with Gasteiger partial charge in [-0.1, -0.05) is 18.2 Å². The summed E-state index contributed by atoms with van der Waals surface area (Å²) in [5.41, 5.74) is 1.17. The summed E-state index contributed by atoms with van der Waals surface area (Å²) >= 11 is 0. The molecule has 7 nitrogen and oxygen atoms in total. The second kappa shape index (κ2) is 10.3. The third-order valence-electron chi connectivity index (χ3n) is 4.43. The van der Waals surface area contributed by atoms with Gasteiger partial charge in [-0.3, -0.25) is 9.59 Å². The number of furan rings is 1. The average Bonchev–Trinajstić information content (AvgIpc) is 3.29. The largest absolute Gasteiger partial charge is 0.493 e. The zero-order chi connectivity index (χ0) is 22.2. The number of carbonyl (C=O) groups excluding carboxylic acids is 2. The molecule has 3 aromatic rings. The molecule has 0 atom stereocenters. The molecule has 0 radical (unpaired) electrons. The molecule has 7 heteroatoms. The second-order valence-corrected chi connectivity index (χ2v) is 7.18. The van der Waals surface area contributed by atoms with E-state index in [0.29, 0.717) is 22.8 Å². The van der Waals surface area contributed by atoms with Crippen molar-refractivity contribution < 1.29 is 23.5 Å². The van der Waals surface area contributed by atoms with Gasteiger partial charge in [0.25, 0.3) is 11.8 Å². The third-order valence-corrected chi connectivity index (χ3v) is 4.43. The van der Waals surface area contributed by atoms with Gasteiger partial charge in [-0.25, -0.2) is 0 Å². The van der Waals surface area contributed by atoms with Crippen LogP contribution in [0.25, 0.3) is 0 Å². The van der Waals surface area contributed by atoms with E-state index in [2.05, 4.69) is 5.32 Å². The number of hydrogen-bond donors (Lipinski definition) is 1. The minimum atomic E-state index is -0.231. The fourth-order valence-electron chi connectivity index (χ4n) is 3.03. The number of carbonyl (C=O) groups is 2. The van der Waals surface area contributed by atoms with Gasteiger partial charge in [-0.05, 0) is 56.3 Å². The van der Waals surface area contributed by atoms with E-state index < -0.39 is 0 Å². The fraction of sp³-hybridized carbons (Fsp3) is 0.250. The van der Waals surface area contributed by atoms with Crippen molar-refractivity contribution in [1.29, 1.82) is 0 Å². The molecule has 2 aromatic carbocycles. The summed E-state index contributed by atoms with van der Waals surface area (Å²) in [4.78, 5) is 26.8. The SMILES string of the molecule is COc1cc(C(=O)N(Cc2ccco2)c2ccccc2)ccc1OCC(=O)NC(C)C. The minimum Gasteiger partial charge on any atom is -0.493 e. The van der Waals surface area contributed by atoms with Crippen LogP contribution in [-0.2, 0) is 11.3 Å². The Morgan fingerprint density at radius 2 is 1.81 bits per heavy atom. The number of amides is 2. The highest BCUT2D eigenvalue weighted by Gasteiger charge is 2.21. The van der Waals surface area contributed by atoms with E-state index in [-0.39, 0.29) is 31.0 Å². The van der Waals surface area contributed by atoms with Crippen molar-refractivity contribution in [3.63, 3.8) is 0 Å². The molecule has 1 heterocycles. The van der Waals surface area contributed by atoms with Gasteiger partial charge in [-0.2, -0.15) is 0 Å². The van der Waals surface area contributed by atoms with Crippen LogP contribution >= 0.6 is 0 Å². The second-order valence-electron chi connectivity index (χ2n) is 7.18. The Kier molecular flexibility index (Phi) is 7.32. The Labute approximate surface area is 181 Å². The smallest absolute Gasteiger partial charge is 0.258 e. The van der Waals surface area contributed by atoms with Crippen molar-refractivity contribution in [1.82, 2.24) is 5.32 Å². The predicted octanol–water partition coefficient (Wildman–Crippen LogP) is 4.04. The molecule has 1 aromatic heterocycles. The lowest BCUT2D eigenvalue weighted by Gasteiger charge is -2.22. The molecule has 0 saturated heterocycles. The van der Waals surface area contributed by atoms with E-state index in [0.717, 1.165) is 5.69 Å². The van der Waals surface area contributed by atoms with Crippen molar-refractivity contribution in [3.05, 3.63) is 78.3 Å². The molecule has 0 aliphatic heterocycles. The summed E-state index contributed by atoms with van der Waals surface area (Å²) in [6, 6.07) is 17.9. The number of hydrogen-bond acceptors (Lipinski definition) is 5. The van der Waals surface area contributed by atoms with Crippen LogP contribution < -0.4 is 19.7 Å². The highest BCUT2D eigenvalue weighted by atomic mass is 16.5. The van der Waals surface area contributed by atoms with Crippen LogP contribution in [0.15, 0.2) is 71.3 Å². The van der Waals surface area contributed by atoms with Gasteiger partial charge in [0.1, 0.15) is 5.76 Å².